The summed E-state index contributed by atoms with van der Waals surface area (Å²) in [6, 6.07) is 10.7. The zero-order chi connectivity index (χ0) is 18.8. The number of fused-ring (bicyclic) bond motifs is 1. The van der Waals surface area contributed by atoms with Crippen LogP contribution in [0.2, 0.25) is 5.02 Å². The van der Waals surface area contributed by atoms with Crippen LogP contribution in [0.4, 0.5) is 17.3 Å². The van der Waals surface area contributed by atoms with Gasteiger partial charge in [0.1, 0.15) is 0 Å². The Morgan fingerprint density at radius 3 is 2.63 bits per heavy atom. The van der Waals surface area contributed by atoms with Crippen molar-refractivity contribution in [3.8, 4) is 11.5 Å². The Bertz CT molecular complexity index is 1010. The molecule has 136 valence electrons. The average Bonchev–Trinajstić information content (AvgIpc) is 3.12. The van der Waals surface area contributed by atoms with Crippen molar-refractivity contribution in [2.75, 3.05) is 17.4 Å². The molecule has 0 aliphatic carbocycles. The van der Waals surface area contributed by atoms with Crippen LogP contribution in [0, 0.1) is 6.92 Å². The molecular formula is C19H15ClN4O3. The number of halogens is 1. The van der Waals surface area contributed by atoms with Crippen LogP contribution in [-0.4, -0.2) is 22.7 Å². The molecule has 1 aromatic heterocycles. The van der Waals surface area contributed by atoms with Crippen LogP contribution in [-0.2, 0) is 0 Å². The molecule has 2 aromatic carbocycles. The molecule has 0 atom stereocenters. The molecule has 8 heteroatoms. The van der Waals surface area contributed by atoms with Gasteiger partial charge in [-0.3, -0.25) is 4.79 Å². The van der Waals surface area contributed by atoms with E-state index in [1.54, 1.807) is 24.3 Å². The van der Waals surface area contributed by atoms with E-state index in [1.165, 1.54) is 12.4 Å². The van der Waals surface area contributed by atoms with Crippen LogP contribution < -0.4 is 20.1 Å². The Hall–Kier alpha value is -3.32. The van der Waals surface area contributed by atoms with Gasteiger partial charge in [-0.2, -0.15) is 0 Å². The van der Waals surface area contributed by atoms with Crippen molar-refractivity contribution in [1.82, 2.24) is 9.97 Å². The second kappa shape index (κ2) is 7.13. The van der Waals surface area contributed by atoms with Gasteiger partial charge >= 0.3 is 0 Å². The Morgan fingerprint density at radius 1 is 1.07 bits per heavy atom. The summed E-state index contributed by atoms with van der Waals surface area (Å²) in [5.74, 6) is 1.33. The van der Waals surface area contributed by atoms with Crippen LogP contribution in [0.25, 0.3) is 0 Å². The second-order valence-electron chi connectivity index (χ2n) is 5.90. The Morgan fingerprint density at radius 2 is 1.85 bits per heavy atom. The van der Waals surface area contributed by atoms with Crippen molar-refractivity contribution in [3.63, 3.8) is 0 Å². The van der Waals surface area contributed by atoms with Crippen molar-refractivity contribution in [1.29, 1.82) is 0 Å². The minimum atomic E-state index is -0.317. The lowest BCUT2D eigenvalue weighted by molar-refractivity contribution is 0.102. The molecule has 7 nitrogen and oxygen atoms in total. The third kappa shape index (κ3) is 3.78. The summed E-state index contributed by atoms with van der Waals surface area (Å²) in [5, 5.41) is 6.54. The number of hydrogen-bond donors (Lipinski definition) is 2. The van der Waals surface area contributed by atoms with Crippen LogP contribution in [0.15, 0.2) is 48.8 Å². The maximum atomic E-state index is 12.4. The van der Waals surface area contributed by atoms with E-state index in [-0.39, 0.29) is 12.7 Å². The number of rotatable bonds is 4. The van der Waals surface area contributed by atoms with E-state index in [1.807, 2.05) is 19.1 Å². The molecule has 0 bridgehead atoms. The highest BCUT2D eigenvalue weighted by molar-refractivity contribution is 6.30. The van der Waals surface area contributed by atoms with Crippen LogP contribution in [0.3, 0.4) is 0 Å². The lowest BCUT2D eigenvalue weighted by atomic mass is 10.2. The third-order valence-corrected chi connectivity index (χ3v) is 4.21. The molecule has 0 spiro atoms. The molecule has 0 saturated carbocycles. The maximum Gasteiger partial charge on any atom is 0.258 e. The predicted molar refractivity (Wildman–Crippen MR) is 102 cm³/mol. The molecule has 1 aliphatic rings. The highest BCUT2D eigenvalue weighted by Crippen LogP contribution is 2.34. The van der Waals surface area contributed by atoms with Crippen LogP contribution >= 0.6 is 11.6 Å². The van der Waals surface area contributed by atoms with Crippen molar-refractivity contribution in [3.05, 3.63) is 64.9 Å². The molecule has 27 heavy (non-hydrogen) atoms. The lowest BCUT2D eigenvalue weighted by Gasteiger charge is -2.09. The number of carbonyl (C=O) groups is 1. The van der Waals surface area contributed by atoms with Gasteiger partial charge < -0.3 is 20.1 Å². The molecule has 1 amide bonds. The molecule has 0 fully saturated rings. The van der Waals surface area contributed by atoms with E-state index in [0.29, 0.717) is 33.7 Å². The number of carbonyl (C=O) groups excluding carboxylic acids is 1. The number of anilines is 3. The van der Waals surface area contributed by atoms with Gasteiger partial charge in [-0.15, -0.1) is 0 Å². The molecule has 0 saturated heterocycles. The summed E-state index contributed by atoms with van der Waals surface area (Å²) in [6.07, 6.45) is 2.92. The fourth-order valence-corrected chi connectivity index (χ4v) is 2.80. The first-order valence-electron chi connectivity index (χ1n) is 8.15. The topological polar surface area (TPSA) is 85.4 Å². The highest BCUT2D eigenvalue weighted by Gasteiger charge is 2.15. The summed E-state index contributed by atoms with van der Waals surface area (Å²) >= 11 is 5.95. The largest absolute Gasteiger partial charge is 0.454 e. The smallest absolute Gasteiger partial charge is 0.258 e. The molecule has 3 aromatic rings. The van der Waals surface area contributed by atoms with Crippen LogP contribution in [0.5, 0.6) is 11.5 Å². The summed E-state index contributed by atoms with van der Waals surface area (Å²) in [7, 11) is 0. The molecular weight excluding hydrogens is 368 g/mol. The third-order valence-electron chi connectivity index (χ3n) is 3.98. The number of amides is 1. The number of nitrogens with one attached hydrogen (secondary N) is 2. The van der Waals surface area contributed by atoms with Gasteiger partial charge in [-0.1, -0.05) is 11.6 Å². The van der Waals surface area contributed by atoms with E-state index in [4.69, 9.17) is 21.1 Å². The van der Waals surface area contributed by atoms with Gasteiger partial charge in [0.15, 0.2) is 11.5 Å². The van der Waals surface area contributed by atoms with E-state index < -0.39 is 0 Å². The van der Waals surface area contributed by atoms with Crippen molar-refractivity contribution >= 4 is 34.8 Å². The maximum absolute atomic E-state index is 12.4. The zero-order valence-corrected chi connectivity index (χ0v) is 15.1. The first kappa shape index (κ1) is 17.1. The monoisotopic (exact) mass is 382 g/mol. The number of hydrogen-bond acceptors (Lipinski definition) is 6. The Labute approximate surface area is 160 Å². The number of nitrogens with zero attached hydrogens (tertiary/aromatic N) is 2. The SMILES string of the molecule is Cc1cc(Cl)ccc1Nc1ncc(C(=O)Nc2ccc3c(c2)OCO3)cn1. The molecule has 0 unspecified atom stereocenters. The summed E-state index contributed by atoms with van der Waals surface area (Å²) in [6.45, 7) is 2.11. The molecule has 0 radical (unpaired) electrons. The van der Waals surface area contributed by atoms with Crippen molar-refractivity contribution < 1.29 is 14.3 Å². The van der Waals surface area contributed by atoms with E-state index in [9.17, 15) is 4.79 Å². The standard InChI is InChI=1S/C19H15ClN4O3/c1-11-6-13(20)2-4-15(11)24-19-21-8-12(9-22-19)18(25)23-14-3-5-16-17(7-14)27-10-26-16/h2-9H,10H2,1H3,(H,23,25)(H,21,22,24). The molecule has 4 rings (SSSR count). The quantitative estimate of drug-likeness (QED) is 0.704. The molecule has 2 N–H and O–H groups in total. The number of ether oxygens (including phenoxy) is 2. The summed E-state index contributed by atoms with van der Waals surface area (Å²) in [5.41, 5.74) is 2.75. The van der Waals surface area contributed by atoms with Gasteiger partial charge in [0.25, 0.3) is 5.91 Å². The van der Waals surface area contributed by atoms with Gasteiger partial charge in [-0.25, -0.2) is 9.97 Å². The summed E-state index contributed by atoms with van der Waals surface area (Å²) in [4.78, 5) is 20.8. The minimum Gasteiger partial charge on any atom is -0.454 e. The normalized spacial score (nSPS) is 11.9. The van der Waals surface area contributed by atoms with Gasteiger partial charge in [0.05, 0.1) is 5.56 Å². The van der Waals surface area contributed by atoms with Gasteiger partial charge in [0.2, 0.25) is 12.7 Å². The molecule has 1 aliphatic heterocycles. The Kier molecular flexibility index (Phi) is 4.52. The number of benzene rings is 2. The number of aromatic nitrogens is 2. The molecule has 2 heterocycles. The zero-order valence-electron chi connectivity index (χ0n) is 14.3. The first-order chi connectivity index (χ1) is 13.1. The number of aryl methyl sites for hydroxylation is 1. The van der Waals surface area contributed by atoms with E-state index in [0.717, 1.165) is 11.3 Å². The van der Waals surface area contributed by atoms with Crippen LogP contribution in [0.1, 0.15) is 15.9 Å². The minimum absolute atomic E-state index is 0.183. The van der Waals surface area contributed by atoms with Crippen molar-refractivity contribution in [2.45, 2.75) is 6.92 Å². The predicted octanol–water partition coefficient (Wildman–Crippen LogP) is 4.16. The van der Waals surface area contributed by atoms with Gasteiger partial charge in [0, 0.05) is 34.9 Å². The second-order valence-corrected chi connectivity index (χ2v) is 6.34. The fourth-order valence-electron chi connectivity index (χ4n) is 2.58. The van der Waals surface area contributed by atoms with Gasteiger partial charge in [-0.05, 0) is 42.8 Å². The van der Waals surface area contributed by atoms with Crippen molar-refractivity contribution in [2.24, 2.45) is 0 Å². The summed E-state index contributed by atoms with van der Waals surface area (Å²) < 4.78 is 10.6. The van der Waals surface area contributed by atoms with E-state index in [2.05, 4.69) is 20.6 Å². The fraction of sp³-hybridized carbons (Fsp3) is 0.105. The van der Waals surface area contributed by atoms with E-state index >= 15 is 0 Å². The first-order valence-corrected chi connectivity index (χ1v) is 8.52. The Balaban J connectivity index is 1.44. The highest BCUT2D eigenvalue weighted by atomic mass is 35.5. The average molecular weight is 383 g/mol. The lowest BCUT2D eigenvalue weighted by Crippen LogP contribution is -2.13.